The molecule has 2 amide bonds. The lowest BCUT2D eigenvalue weighted by Gasteiger charge is -2.18. The van der Waals surface area contributed by atoms with Crippen LogP contribution in [0.1, 0.15) is 80.2 Å². The Morgan fingerprint density at radius 2 is 1.28 bits per heavy atom. The summed E-state index contributed by atoms with van der Waals surface area (Å²) < 4.78 is 1.49. The van der Waals surface area contributed by atoms with Gasteiger partial charge in [0.1, 0.15) is 0 Å². The predicted octanol–water partition coefficient (Wildman–Crippen LogP) is 4.64. The van der Waals surface area contributed by atoms with Gasteiger partial charge in [-0.15, -0.1) is 0 Å². The average molecular weight is 433 g/mol. The van der Waals surface area contributed by atoms with Gasteiger partial charge in [0.05, 0.1) is 17.6 Å². The first kappa shape index (κ1) is 23.3. The molecule has 0 fully saturated rings. The lowest BCUT2D eigenvalue weighted by Crippen LogP contribution is -2.32. The summed E-state index contributed by atoms with van der Waals surface area (Å²) in [6, 6.07) is 11.9. The van der Waals surface area contributed by atoms with E-state index < -0.39 is 0 Å². The minimum atomic E-state index is -0.373. The van der Waals surface area contributed by atoms with E-state index in [1.807, 2.05) is 65.8 Å². The highest BCUT2D eigenvalue weighted by molar-refractivity contribution is 6.06. The van der Waals surface area contributed by atoms with Crippen LogP contribution in [0.4, 0.5) is 0 Å². The van der Waals surface area contributed by atoms with Crippen LogP contribution in [0.3, 0.4) is 0 Å². The fraction of sp³-hybridized carbons (Fsp3) is 0.346. The molecule has 0 aliphatic rings. The van der Waals surface area contributed by atoms with Gasteiger partial charge < -0.3 is 10.6 Å². The number of amides is 2. The van der Waals surface area contributed by atoms with Crippen molar-refractivity contribution in [3.8, 4) is 0 Å². The monoisotopic (exact) mass is 432 g/mol. The Bertz CT molecular complexity index is 1070. The van der Waals surface area contributed by atoms with Gasteiger partial charge in [-0.3, -0.25) is 14.3 Å². The maximum atomic E-state index is 13.0. The number of hydrogen-bond acceptors (Lipinski definition) is 3. The highest BCUT2D eigenvalue weighted by Gasteiger charge is 2.24. The standard InChI is InChI=1S/C26H32N4O2/c1-15-8-10-21(17(3)12-15)19(5)27-25(31)23-14-30(7)29-24(23)26(32)28-20(6)22-11-9-16(2)13-18(22)4/h8-14,19-20H,1-7H3,(H,27,31)(H,28,32)/t19-,20-/m1/s1. The van der Waals surface area contributed by atoms with Gasteiger partial charge in [0.2, 0.25) is 0 Å². The van der Waals surface area contributed by atoms with Gasteiger partial charge in [-0.05, 0) is 63.8 Å². The highest BCUT2D eigenvalue weighted by Crippen LogP contribution is 2.21. The van der Waals surface area contributed by atoms with Gasteiger partial charge in [-0.25, -0.2) is 0 Å². The molecule has 2 N–H and O–H groups in total. The summed E-state index contributed by atoms with van der Waals surface area (Å²) in [5, 5.41) is 10.3. The van der Waals surface area contributed by atoms with Gasteiger partial charge in [-0.1, -0.05) is 47.5 Å². The predicted molar refractivity (Wildman–Crippen MR) is 127 cm³/mol. The third-order valence-electron chi connectivity index (χ3n) is 5.77. The lowest BCUT2D eigenvalue weighted by atomic mass is 9.99. The van der Waals surface area contributed by atoms with Gasteiger partial charge in [0.15, 0.2) is 5.69 Å². The fourth-order valence-electron chi connectivity index (χ4n) is 4.14. The molecule has 0 saturated heterocycles. The summed E-state index contributed by atoms with van der Waals surface area (Å²) in [5.74, 6) is -0.697. The summed E-state index contributed by atoms with van der Waals surface area (Å²) >= 11 is 0. The van der Waals surface area contributed by atoms with E-state index in [4.69, 9.17) is 0 Å². The van der Waals surface area contributed by atoms with Crippen molar-refractivity contribution < 1.29 is 9.59 Å². The second-order valence-corrected chi connectivity index (χ2v) is 8.68. The molecule has 0 spiro atoms. The highest BCUT2D eigenvalue weighted by atomic mass is 16.2. The molecule has 1 heterocycles. The molecule has 3 aromatic rings. The number of hydrogen-bond donors (Lipinski definition) is 2. The summed E-state index contributed by atoms with van der Waals surface area (Å²) in [6.07, 6.45) is 1.58. The van der Waals surface area contributed by atoms with Crippen LogP contribution in [-0.2, 0) is 7.05 Å². The van der Waals surface area contributed by atoms with Crippen molar-refractivity contribution in [1.82, 2.24) is 20.4 Å². The van der Waals surface area contributed by atoms with E-state index in [-0.39, 0.29) is 35.2 Å². The molecule has 6 heteroatoms. The van der Waals surface area contributed by atoms with Crippen molar-refractivity contribution >= 4 is 11.8 Å². The summed E-state index contributed by atoms with van der Waals surface area (Å²) in [5.41, 5.74) is 7.03. The van der Waals surface area contributed by atoms with Gasteiger partial charge in [0.25, 0.3) is 11.8 Å². The summed E-state index contributed by atoms with van der Waals surface area (Å²) in [6.45, 7) is 12.0. The Balaban J connectivity index is 1.78. The maximum absolute atomic E-state index is 13.0. The van der Waals surface area contributed by atoms with E-state index in [1.54, 1.807) is 13.2 Å². The number of nitrogens with one attached hydrogen (secondary N) is 2. The van der Waals surface area contributed by atoms with Crippen molar-refractivity contribution in [3.63, 3.8) is 0 Å². The molecule has 6 nitrogen and oxygen atoms in total. The Morgan fingerprint density at radius 3 is 1.75 bits per heavy atom. The molecule has 2 aromatic carbocycles. The van der Waals surface area contributed by atoms with Crippen LogP contribution in [0.15, 0.2) is 42.6 Å². The van der Waals surface area contributed by atoms with Crippen molar-refractivity contribution in [1.29, 1.82) is 0 Å². The number of nitrogens with zero attached hydrogens (tertiary/aromatic N) is 2. The molecule has 2 atom stereocenters. The quantitative estimate of drug-likeness (QED) is 0.596. The third kappa shape index (κ3) is 5.07. The van der Waals surface area contributed by atoms with Crippen LogP contribution < -0.4 is 10.6 Å². The minimum Gasteiger partial charge on any atom is -0.345 e. The Kier molecular flexibility index (Phi) is 6.82. The first-order valence-electron chi connectivity index (χ1n) is 10.9. The third-order valence-corrected chi connectivity index (χ3v) is 5.77. The van der Waals surface area contributed by atoms with E-state index >= 15 is 0 Å². The van der Waals surface area contributed by atoms with Crippen molar-refractivity contribution in [3.05, 3.63) is 87.2 Å². The van der Waals surface area contributed by atoms with Crippen LogP contribution >= 0.6 is 0 Å². The van der Waals surface area contributed by atoms with Crippen molar-refractivity contribution in [2.45, 2.75) is 53.6 Å². The lowest BCUT2D eigenvalue weighted by molar-refractivity contribution is 0.0902. The van der Waals surface area contributed by atoms with E-state index in [1.165, 1.54) is 15.8 Å². The minimum absolute atomic E-state index is 0.120. The largest absolute Gasteiger partial charge is 0.345 e. The molecule has 168 valence electrons. The van der Waals surface area contributed by atoms with E-state index in [0.29, 0.717) is 0 Å². The SMILES string of the molecule is Cc1ccc([C@@H](C)NC(=O)c2cn(C)nc2C(=O)N[C@H](C)c2ccc(C)cc2C)c(C)c1. The molecule has 0 radical (unpaired) electrons. The molecule has 32 heavy (non-hydrogen) atoms. The maximum Gasteiger partial charge on any atom is 0.273 e. The van der Waals surface area contributed by atoms with Gasteiger partial charge in [-0.2, -0.15) is 5.10 Å². The number of rotatable bonds is 6. The molecule has 0 aliphatic carbocycles. The summed E-state index contributed by atoms with van der Waals surface area (Å²) in [4.78, 5) is 26.1. The van der Waals surface area contributed by atoms with Crippen LogP contribution in [0.25, 0.3) is 0 Å². The van der Waals surface area contributed by atoms with E-state index in [2.05, 4.69) is 27.9 Å². The number of aromatic nitrogens is 2. The average Bonchev–Trinajstić information content (AvgIpc) is 3.09. The van der Waals surface area contributed by atoms with Crippen LogP contribution in [-0.4, -0.2) is 21.6 Å². The zero-order chi connectivity index (χ0) is 23.6. The van der Waals surface area contributed by atoms with Gasteiger partial charge in [0, 0.05) is 13.2 Å². The molecule has 0 bridgehead atoms. The van der Waals surface area contributed by atoms with Crippen LogP contribution in [0, 0.1) is 27.7 Å². The topological polar surface area (TPSA) is 76.0 Å². The number of carbonyl (C=O) groups excluding carboxylic acids is 2. The zero-order valence-electron chi connectivity index (χ0n) is 19.9. The number of carbonyl (C=O) groups is 2. The Hall–Kier alpha value is -3.41. The molecule has 3 rings (SSSR count). The van der Waals surface area contributed by atoms with E-state index in [0.717, 1.165) is 22.3 Å². The number of benzene rings is 2. The van der Waals surface area contributed by atoms with Crippen LogP contribution in [0.2, 0.25) is 0 Å². The molecule has 1 aromatic heterocycles. The first-order chi connectivity index (χ1) is 15.1. The van der Waals surface area contributed by atoms with Crippen molar-refractivity contribution in [2.75, 3.05) is 0 Å². The smallest absolute Gasteiger partial charge is 0.273 e. The zero-order valence-corrected chi connectivity index (χ0v) is 19.9. The van der Waals surface area contributed by atoms with E-state index in [9.17, 15) is 9.59 Å². The van der Waals surface area contributed by atoms with Crippen LogP contribution in [0.5, 0.6) is 0 Å². The molecule has 0 unspecified atom stereocenters. The molecular weight excluding hydrogens is 400 g/mol. The normalized spacial score (nSPS) is 12.8. The number of aryl methyl sites for hydroxylation is 5. The molecular formula is C26H32N4O2. The van der Waals surface area contributed by atoms with Gasteiger partial charge >= 0.3 is 0 Å². The Labute approximate surface area is 190 Å². The first-order valence-corrected chi connectivity index (χ1v) is 10.9. The Morgan fingerprint density at radius 1 is 0.812 bits per heavy atom. The second-order valence-electron chi connectivity index (χ2n) is 8.68. The molecule has 0 saturated carbocycles. The molecule has 0 aliphatic heterocycles. The summed E-state index contributed by atoms with van der Waals surface area (Å²) in [7, 11) is 1.70. The second kappa shape index (κ2) is 9.39. The fourth-order valence-corrected chi connectivity index (χ4v) is 4.14. The van der Waals surface area contributed by atoms with Crippen molar-refractivity contribution in [2.24, 2.45) is 7.05 Å².